The van der Waals surface area contributed by atoms with Gasteiger partial charge in [-0.15, -0.1) is 0 Å². The maximum absolute atomic E-state index is 12.3. The molecule has 4 nitrogen and oxygen atoms in total. The highest BCUT2D eigenvalue weighted by Gasteiger charge is 2.54. The number of carbonyl (C=O) groups is 1. The number of hydrogen-bond donors (Lipinski definition) is 1. The fraction of sp³-hybridized carbons (Fsp3) is 0.667. The van der Waals surface area contributed by atoms with E-state index in [1.807, 2.05) is 11.8 Å². The predicted octanol–water partition coefficient (Wildman–Crippen LogP) is 3.01. The van der Waals surface area contributed by atoms with Crippen molar-refractivity contribution in [2.75, 3.05) is 37.7 Å². The van der Waals surface area contributed by atoms with Gasteiger partial charge in [0.25, 0.3) is 0 Å². The van der Waals surface area contributed by atoms with Crippen LogP contribution in [0.3, 0.4) is 0 Å². The number of likely N-dealkylation sites (tertiary alicyclic amines) is 1. The summed E-state index contributed by atoms with van der Waals surface area (Å²) >= 11 is 0. The van der Waals surface area contributed by atoms with Crippen LogP contribution in [0.25, 0.3) is 0 Å². The maximum Gasteiger partial charge on any atom is 0.228 e. The molecule has 1 aromatic rings. The van der Waals surface area contributed by atoms with E-state index in [1.54, 1.807) is 0 Å². The molecule has 1 atom stereocenters. The first-order valence-corrected chi connectivity index (χ1v) is 9.89. The van der Waals surface area contributed by atoms with E-state index >= 15 is 0 Å². The second-order valence-corrected chi connectivity index (χ2v) is 8.38. The van der Waals surface area contributed by atoms with E-state index in [-0.39, 0.29) is 18.4 Å². The molecule has 4 heteroatoms. The summed E-state index contributed by atoms with van der Waals surface area (Å²) in [4.78, 5) is 16.8. The van der Waals surface area contributed by atoms with Crippen molar-refractivity contribution in [3.05, 3.63) is 29.8 Å². The minimum Gasteiger partial charge on any atom is -0.396 e. The Morgan fingerprint density at radius 1 is 1.28 bits per heavy atom. The smallest absolute Gasteiger partial charge is 0.228 e. The molecule has 2 aliphatic heterocycles. The third-order valence-corrected chi connectivity index (χ3v) is 6.60. The Morgan fingerprint density at radius 3 is 2.64 bits per heavy atom. The fourth-order valence-corrected chi connectivity index (χ4v) is 4.99. The van der Waals surface area contributed by atoms with Crippen LogP contribution >= 0.6 is 0 Å². The first kappa shape index (κ1) is 16.9. The molecule has 3 fully saturated rings. The molecule has 0 aromatic heterocycles. The number of aliphatic hydroxyl groups excluding tert-OH is 1. The van der Waals surface area contributed by atoms with Gasteiger partial charge in [0.1, 0.15) is 0 Å². The normalized spacial score (nSPS) is 23.4. The number of hydrogen-bond acceptors (Lipinski definition) is 3. The number of nitrogens with zero attached hydrogens (tertiary/aromatic N) is 2. The minimum atomic E-state index is -0.203. The van der Waals surface area contributed by atoms with E-state index in [9.17, 15) is 9.90 Å². The quantitative estimate of drug-likeness (QED) is 0.894. The largest absolute Gasteiger partial charge is 0.396 e. The average molecular weight is 342 g/mol. The van der Waals surface area contributed by atoms with E-state index in [0.717, 1.165) is 19.5 Å². The molecule has 1 aromatic carbocycles. The molecule has 3 aliphatic rings. The van der Waals surface area contributed by atoms with Crippen LogP contribution in [0.2, 0.25) is 0 Å². The number of anilines is 1. The summed E-state index contributed by atoms with van der Waals surface area (Å²) in [5, 5.41) is 9.32. The Hall–Kier alpha value is -1.55. The van der Waals surface area contributed by atoms with Crippen LogP contribution in [0.4, 0.5) is 5.69 Å². The van der Waals surface area contributed by atoms with Crippen LogP contribution in [0.15, 0.2) is 24.3 Å². The van der Waals surface area contributed by atoms with Crippen molar-refractivity contribution in [2.24, 2.45) is 11.3 Å². The molecule has 0 unspecified atom stereocenters. The van der Waals surface area contributed by atoms with Crippen LogP contribution in [-0.2, 0) is 4.79 Å². The van der Waals surface area contributed by atoms with Crippen molar-refractivity contribution in [1.82, 2.24) is 4.90 Å². The summed E-state index contributed by atoms with van der Waals surface area (Å²) in [7, 11) is 0. The summed E-state index contributed by atoms with van der Waals surface area (Å²) < 4.78 is 0. The fourth-order valence-electron chi connectivity index (χ4n) is 4.99. The molecule has 0 radical (unpaired) electrons. The molecule has 25 heavy (non-hydrogen) atoms. The van der Waals surface area contributed by atoms with Crippen molar-refractivity contribution in [3.8, 4) is 0 Å². The van der Waals surface area contributed by atoms with Gasteiger partial charge >= 0.3 is 0 Å². The van der Waals surface area contributed by atoms with E-state index < -0.39 is 0 Å². The van der Waals surface area contributed by atoms with Gasteiger partial charge in [0.2, 0.25) is 5.91 Å². The third-order valence-electron chi connectivity index (χ3n) is 6.60. The zero-order valence-corrected chi connectivity index (χ0v) is 15.3. The Morgan fingerprint density at radius 2 is 2.00 bits per heavy atom. The van der Waals surface area contributed by atoms with Crippen LogP contribution in [0.1, 0.15) is 50.5 Å². The van der Waals surface area contributed by atoms with Crippen LogP contribution < -0.4 is 4.90 Å². The SMILES string of the molecule is CC[C@H](CO)C(=O)N1CC2(CC(c3cccc(N4CCCC4)c3)C2)C1. The maximum atomic E-state index is 12.3. The molecule has 1 spiro atoms. The highest BCUT2D eigenvalue weighted by atomic mass is 16.3. The van der Waals surface area contributed by atoms with Crippen molar-refractivity contribution in [1.29, 1.82) is 0 Å². The Balaban J connectivity index is 1.33. The van der Waals surface area contributed by atoms with Gasteiger partial charge in [0.15, 0.2) is 0 Å². The highest BCUT2D eigenvalue weighted by molar-refractivity contribution is 5.80. The molecule has 136 valence electrons. The van der Waals surface area contributed by atoms with Gasteiger partial charge in [0, 0.05) is 37.3 Å². The van der Waals surface area contributed by atoms with E-state index in [1.165, 1.54) is 50.0 Å². The first-order chi connectivity index (χ1) is 12.1. The molecule has 1 N–H and O–H groups in total. The van der Waals surface area contributed by atoms with Gasteiger partial charge in [-0.25, -0.2) is 0 Å². The molecule has 1 aliphatic carbocycles. The van der Waals surface area contributed by atoms with Crippen molar-refractivity contribution >= 4 is 11.6 Å². The van der Waals surface area contributed by atoms with E-state index in [2.05, 4.69) is 29.2 Å². The summed E-state index contributed by atoms with van der Waals surface area (Å²) in [6, 6.07) is 9.12. The van der Waals surface area contributed by atoms with Crippen LogP contribution in [0.5, 0.6) is 0 Å². The number of carbonyl (C=O) groups excluding carboxylic acids is 1. The van der Waals surface area contributed by atoms with Gasteiger partial charge in [-0.2, -0.15) is 0 Å². The van der Waals surface area contributed by atoms with Gasteiger partial charge in [-0.05, 0) is 55.7 Å². The molecular formula is C21H30N2O2. The topological polar surface area (TPSA) is 43.8 Å². The van der Waals surface area contributed by atoms with Gasteiger partial charge in [0.05, 0.1) is 12.5 Å². The lowest BCUT2D eigenvalue weighted by molar-refractivity contribution is -0.157. The summed E-state index contributed by atoms with van der Waals surface area (Å²) in [5.74, 6) is 0.597. The van der Waals surface area contributed by atoms with E-state index in [0.29, 0.717) is 11.3 Å². The van der Waals surface area contributed by atoms with Crippen molar-refractivity contribution in [3.63, 3.8) is 0 Å². The second kappa shape index (κ2) is 6.64. The monoisotopic (exact) mass is 342 g/mol. The van der Waals surface area contributed by atoms with Crippen molar-refractivity contribution in [2.45, 2.75) is 44.9 Å². The molecule has 0 bridgehead atoms. The van der Waals surface area contributed by atoms with Gasteiger partial charge in [-0.1, -0.05) is 19.1 Å². The molecule has 1 amide bonds. The minimum absolute atomic E-state index is 0.0231. The standard InChI is InChI=1S/C21H30N2O2/c1-2-16(13-24)20(25)23-14-21(15-23)11-18(12-21)17-6-5-7-19(10-17)22-8-3-4-9-22/h5-7,10,16,18,24H,2-4,8-9,11-15H2,1H3/t16-/m1/s1. The molecule has 4 rings (SSSR count). The number of rotatable bonds is 5. The van der Waals surface area contributed by atoms with Crippen molar-refractivity contribution < 1.29 is 9.90 Å². The summed E-state index contributed by atoms with van der Waals surface area (Å²) in [6.07, 6.45) is 5.76. The lowest BCUT2D eigenvalue weighted by Gasteiger charge is -2.59. The number of aliphatic hydroxyl groups is 1. The van der Waals surface area contributed by atoms with Gasteiger partial charge in [-0.3, -0.25) is 4.79 Å². The zero-order valence-electron chi connectivity index (χ0n) is 15.3. The lowest BCUT2D eigenvalue weighted by atomic mass is 9.56. The summed E-state index contributed by atoms with van der Waals surface area (Å²) in [6.45, 7) is 6.12. The van der Waals surface area contributed by atoms with Crippen LogP contribution in [0, 0.1) is 11.3 Å². The predicted molar refractivity (Wildman–Crippen MR) is 99.7 cm³/mol. The third kappa shape index (κ3) is 3.05. The molecular weight excluding hydrogens is 312 g/mol. The number of amides is 1. The lowest BCUT2D eigenvalue weighted by Crippen LogP contribution is -2.64. The van der Waals surface area contributed by atoms with E-state index in [4.69, 9.17) is 0 Å². The molecule has 2 saturated heterocycles. The van der Waals surface area contributed by atoms with Gasteiger partial charge < -0.3 is 14.9 Å². The zero-order chi connectivity index (χ0) is 17.4. The Bertz CT molecular complexity index is 621. The Kier molecular flexibility index (Phi) is 4.48. The second-order valence-electron chi connectivity index (χ2n) is 8.38. The van der Waals surface area contributed by atoms with Crippen LogP contribution in [-0.4, -0.2) is 48.7 Å². The molecule has 2 heterocycles. The number of benzene rings is 1. The average Bonchev–Trinajstić information content (AvgIpc) is 3.08. The summed E-state index contributed by atoms with van der Waals surface area (Å²) in [5.41, 5.74) is 3.22. The highest BCUT2D eigenvalue weighted by Crippen LogP contribution is 2.56. The molecule has 1 saturated carbocycles. The first-order valence-electron chi connectivity index (χ1n) is 9.89. The Labute approximate surface area is 150 Å².